The third-order valence-electron chi connectivity index (χ3n) is 2.73. The van der Waals surface area contributed by atoms with E-state index >= 15 is 0 Å². The second-order valence-electron chi connectivity index (χ2n) is 3.95. The van der Waals surface area contributed by atoms with Gasteiger partial charge in [0.1, 0.15) is 0 Å². The molecule has 0 aliphatic heterocycles. The minimum absolute atomic E-state index is 0.248. The number of anilines is 1. The zero-order valence-electron chi connectivity index (χ0n) is 9.38. The normalized spacial score (nSPS) is 12.8. The Morgan fingerprint density at radius 3 is 3.06 bits per heavy atom. The average molecular weight is 260 g/mol. The van der Waals surface area contributed by atoms with Crippen molar-refractivity contribution in [1.29, 1.82) is 0 Å². The monoisotopic (exact) mass is 260 g/mol. The van der Waals surface area contributed by atoms with Gasteiger partial charge in [0.25, 0.3) is 0 Å². The fraction of sp³-hybridized carbons (Fsp3) is 0.154. The molecule has 0 fully saturated rings. The van der Waals surface area contributed by atoms with Crippen molar-refractivity contribution in [3.63, 3.8) is 0 Å². The van der Waals surface area contributed by atoms with Crippen LogP contribution in [0.1, 0.15) is 18.7 Å². The van der Waals surface area contributed by atoms with Gasteiger partial charge >= 0.3 is 0 Å². The highest BCUT2D eigenvalue weighted by atomic mass is 32.1. The van der Waals surface area contributed by atoms with Crippen LogP contribution >= 0.6 is 22.7 Å². The molecule has 0 aliphatic carbocycles. The number of hydrogen-bond donors (Lipinski definition) is 1. The van der Waals surface area contributed by atoms with Crippen molar-refractivity contribution in [2.75, 3.05) is 5.32 Å². The molecule has 2 heterocycles. The van der Waals surface area contributed by atoms with Crippen molar-refractivity contribution >= 4 is 38.4 Å². The Hall–Kier alpha value is -1.39. The van der Waals surface area contributed by atoms with Gasteiger partial charge in [0.05, 0.1) is 17.2 Å². The summed E-state index contributed by atoms with van der Waals surface area (Å²) >= 11 is 3.41. The first-order valence-electron chi connectivity index (χ1n) is 5.45. The van der Waals surface area contributed by atoms with E-state index in [0.29, 0.717) is 0 Å². The summed E-state index contributed by atoms with van der Waals surface area (Å²) in [5.74, 6) is 0. The molecule has 1 N–H and O–H groups in total. The van der Waals surface area contributed by atoms with Gasteiger partial charge in [0, 0.05) is 15.8 Å². The first-order valence-corrected chi connectivity index (χ1v) is 7.27. The Morgan fingerprint density at radius 1 is 1.29 bits per heavy atom. The first kappa shape index (κ1) is 10.7. The molecule has 0 spiro atoms. The lowest BCUT2D eigenvalue weighted by molar-refractivity contribution is 0.850. The lowest BCUT2D eigenvalue weighted by atomic mass is 10.2. The topological polar surface area (TPSA) is 24.9 Å². The number of nitrogens with zero attached hydrogens (tertiary/aromatic N) is 1. The summed E-state index contributed by atoms with van der Waals surface area (Å²) in [6.07, 6.45) is 0. The molecule has 0 aliphatic rings. The number of benzene rings is 1. The zero-order valence-corrected chi connectivity index (χ0v) is 11.0. The largest absolute Gasteiger partial charge is 0.377 e. The maximum Gasteiger partial charge on any atom is 0.0795 e. The number of thiophene rings is 1. The van der Waals surface area contributed by atoms with E-state index in [2.05, 4.69) is 52.3 Å². The number of rotatable bonds is 3. The molecule has 0 saturated carbocycles. The highest BCUT2D eigenvalue weighted by Gasteiger charge is 2.07. The molecule has 4 heteroatoms. The molecule has 0 saturated heterocycles. The third-order valence-corrected chi connectivity index (χ3v) is 4.23. The first-order chi connectivity index (χ1) is 8.33. The number of aromatic nitrogens is 1. The summed E-state index contributed by atoms with van der Waals surface area (Å²) in [5.41, 5.74) is 4.12. The SMILES string of the molecule is CC(Nc1ccc2sccc2c1)c1cscn1. The van der Waals surface area contributed by atoms with Gasteiger partial charge in [-0.25, -0.2) is 4.98 Å². The predicted molar refractivity (Wildman–Crippen MR) is 76.0 cm³/mol. The second-order valence-corrected chi connectivity index (χ2v) is 5.62. The van der Waals surface area contributed by atoms with Gasteiger partial charge in [-0.05, 0) is 42.0 Å². The van der Waals surface area contributed by atoms with Crippen molar-refractivity contribution in [2.24, 2.45) is 0 Å². The summed E-state index contributed by atoms with van der Waals surface area (Å²) in [6, 6.07) is 8.88. The van der Waals surface area contributed by atoms with E-state index in [-0.39, 0.29) is 6.04 Å². The summed E-state index contributed by atoms with van der Waals surface area (Å²) in [4.78, 5) is 4.32. The molecule has 2 aromatic heterocycles. The summed E-state index contributed by atoms with van der Waals surface area (Å²) in [7, 11) is 0. The van der Waals surface area contributed by atoms with E-state index in [4.69, 9.17) is 0 Å². The van der Waals surface area contributed by atoms with Crippen molar-refractivity contribution in [3.8, 4) is 0 Å². The van der Waals surface area contributed by atoms with Crippen LogP contribution in [0, 0.1) is 0 Å². The lowest BCUT2D eigenvalue weighted by Crippen LogP contribution is -2.06. The quantitative estimate of drug-likeness (QED) is 0.748. The van der Waals surface area contributed by atoms with Crippen molar-refractivity contribution < 1.29 is 0 Å². The Kier molecular flexibility index (Phi) is 2.82. The molecule has 3 aromatic rings. The van der Waals surface area contributed by atoms with Crippen LogP contribution in [-0.2, 0) is 0 Å². The Labute approximate surface area is 108 Å². The molecule has 86 valence electrons. The van der Waals surface area contributed by atoms with Gasteiger partial charge < -0.3 is 5.32 Å². The van der Waals surface area contributed by atoms with Crippen LogP contribution in [0.2, 0.25) is 0 Å². The standard InChI is InChI=1S/C13H12N2S2/c1-9(12-7-16-8-14-12)15-11-2-3-13-10(6-11)4-5-17-13/h2-9,15H,1H3. The van der Waals surface area contributed by atoms with Crippen LogP contribution in [-0.4, -0.2) is 4.98 Å². The minimum atomic E-state index is 0.248. The predicted octanol–water partition coefficient (Wildman–Crippen LogP) is 4.53. The third kappa shape index (κ3) is 2.18. The van der Waals surface area contributed by atoms with Crippen LogP contribution in [0.15, 0.2) is 40.5 Å². The second kappa shape index (κ2) is 4.47. The maximum atomic E-state index is 4.32. The van der Waals surface area contributed by atoms with Crippen LogP contribution < -0.4 is 5.32 Å². The van der Waals surface area contributed by atoms with Gasteiger partial charge in [-0.1, -0.05) is 0 Å². The fourth-order valence-corrected chi connectivity index (χ4v) is 3.23. The van der Waals surface area contributed by atoms with E-state index in [1.807, 2.05) is 5.51 Å². The van der Waals surface area contributed by atoms with Gasteiger partial charge in [-0.2, -0.15) is 0 Å². The molecule has 0 radical (unpaired) electrons. The molecule has 1 atom stereocenters. The van der Waals surface area contributed by atoms with Crippen LogP contribution in [0.4, 0.5) is 5.69 Å². The molecule has 17 heavy (non-hydrogen) atoms. The Morgan fingerprint density at radius 2 is 2.24 bits per heavy atom. The highest BCUT2D eigenvalue weighted by Crippen LogP contribution is 2.26. The van der Waals surface area contributed by atoms with Gasteiger partial charge in [0.2, 0.25) is 0 Å². The number of nitrogens with one attached hydrogen (secondary N) is 1. The van der Waals surface area contributed by atoms with Gasteiger partial charge in [-0.3, -0.25) is 0 Å². The minimum Gasteiger partial charge on any atom is -0.377 e. The van der Waals surface area contributed by atoms with E-state index in [9.17, 15) is 0 Å². The summed E-state index contributed by atoms with van der Waals surface area (Å²) in [6.45, 7) is 2.13. The summed E-state index contributed by atoms with van der Waals surface area (Å²) in [5, 5.41) is 8.98. The molecule has 1 unspecified atom stereocenters. The van der Waals surface area contributed by atoms with Crippen molar-refractivity contribution in [1.82, 2.24) is 4.98 Å². The number of hydrogen-bond acceptors (Lipinski definition) is 4. The highest BCUT2D eigenvalue weighted by molar-refractivity contribution is 7.17. The van der Waals surface area contributed by atoms with Crippen LogP contribution in [0.25, 0.3) is 10.1 Å². The van der Waals surface area contributed by atoms with Crippen molar-refractivity contribution in [2.45, 2.75) is 13.0 Å². The van der Waals surface area contributed by atoms with Gasteiger partial charge in [0.15, 0.2) is 0 Å². The molecule has 1 aromatic carbocycles. The van der Waals surface area contributed by atoms with Crippen LogP contribution in [0.5, 0.6) is 0 Å². The summed E-state index contributed by atoms with van der Waals surface area (Å²) < 4.78 is 1.33. The van der Waals surface area contributed by atoms with E-state index in [1.54, 1.807) is 22.7 Å². The molecule has 0 bridgehead atoms. The smallest absolute Gasteiger partial charge is 0.0795 e. The molecule has 3 rings (SSSR count). The Balaban J connectivity index is 1.84. The fourth-order valence-electron chi connectivity index (χ4n) is 1.82. The van der Waals surface area contributed by atoms with Crippen molar-refractivity contribution in [3.05, 3.63) is 46.2 Å². The molecular formula is C13H12N2S2. The average Bonchev–Trinajstić information content (AvgIpc) is 2.99. The number of fused-ring (bicyclic) bond motifs is 1. The van der Waals surface area contributed by atoms with E-state index in [1.165, 1.54) is 10.1 Å². The molecule has 0 amide bonds. The molecular weight excluding hydrogens is 248 g/mol. The maximum absolute atomic E-state index is 4.32. The number of thiazole rings is 1. The van der Waals surface area contributed by atoms with Crippen LogP contribution in [0.3, 0.4) is 0 Å². The molecule has 2 nitrogen and oxygen atoms in total. The lowest BCUT2D eigenvalue weighted by Gasteiger charge is -2.13. The van der Waals surface area contributed by atoms with E-state index in [0.717, 1.165) is 11.4 Å². The van der Waals surface area contributed by atoms with E-state index < -0.39 is 0 Å². The zero-order chi connectivity index (χ0) is 11.7. The Bertz CT molecular complexity index is 613. The van der Waals surface area contributed by atoms with Gasteiger partial charge in [-0.15, -0.1) is 22.7 Å².